The van der Waals surface area contributed by atoms with Crippen LogP contribution in [0.15, 0.2) is 89.5 Å². The molecule has 4 heteroatoms. The summed E-state index contributed by atoms with van der Waals surface area (Å²) in [4.78, 5) is 44.0. The minimum Gasteiger partial charge on any atom is -0.506 e. The van der Waals surface area contributed by atoms with Crippen LogP contribution in [0.4, 0.5) is 0 Å². The first-order valence-electron chi connectivity index (χ1n) is 13.8. The van der Waals surface area contributed by atoms with Gasteiger partial charge in [-0.1, -0.05) is 97.8 Å². The van der Waals surface area contributed by atoms with Crippen LogP contribution in [0.25, 0.3) is 5.76 Å². The molecule has 2 bridgehead atoms. The van der Waals surface area contributed by atoms with E-state index in [0.29, 0.717) is 18.4 Å². The van der Waals surface area contributed by atoms with Crippen molar-refractivity contribution in [2.24, 2.45) is 22.2 Å². The van der Waals surface area contributed by atoms with Gasteiger partial charge in [0.15, 0.2) is 17.3 Å². The van der Waals surface area contributed by atoms with Gasteiger partial charge in [-0.2, -0.15) is 0 Å². The van der Waals surface area contributed by atoms with Crippen LogP contribution < -0.4 is 0 Å². The quantitative estimate of drug-likeness (QED) is 0.133. The van der Waals surface area contributed by atoms with Crippen LogP contribution in [-0.2, 0) is 20.8 Å². The molecule has 2 saturated carbocycles. The van der Waals surface area contributed by atoms with Gasteiger partial charge >= 0.3 is 0 Å². The fourth-order valence-electron chi connectivity index (χ4n) is 6.60. The van der Waals surface area contributed by atoms with E-state index < -0.39 is 27.8 Å². The molecule has 2 aliphatic carbocycles. The van der Waals surface area contributed by atoms with Gasteiger partial charge in [-0.15, -0.1) is 0 Å². The van der Waals surface area contributed by atoms with Crippen molar-refractivity contribution in [3.8, 4) is 0 Å². The molecule has 0 saturated heterocycles. The highest BCUT2D eigenvalue weighted by molar-refractivity contribution is 6.41. The number of hydrogen-bond acceptors (Lipinski definition) is 4. The fraction of sp³-hybridized carbons (Fsp3) is 0.400. The maximum absolute atomic E-state index is 14.8. The third-order valence-corrected chi connectivity index (χ3v) is 9.10. The maximum atomic E-state index is 14.8. The van der Waals surface area contributed by atoms with Crippen molar-refractivity contribution in [2.45, 2.75) is 67.2 Å². The number of aliphatic hydroxyl groups is 1. The first kappa shape index (κ1) is 28.5. The van der Waals surface area contributed by atoms with Crippen molar-refractivity contribution in [2.75, 3.05) is 0 Å². The summed E-state index contributed by atoms with van der Waals surface area (Å²) < 4.78 is 0. The Balaban J connectivity index is 2.04. The molecular formula is C35H40O4. The molecule has 0 radical (unpaired) electrons. The Morgan fingerprint density at radius 1 is 0.821 bits per heavy atom. The predicted octanol–water partition coefficient (Wildman–Crippen LogP) is 7.65. The van der Waals surface area contributed by atoms with E-state index in [2.05, 4.69) is 12.1 Å². The Hall–Kier alpha value is -3.53. The van der Waals surface area contributed by atoms with Crippen LogP contribution in [0.2, 0.25) is 0 Å². The van der Waals surface area contributed by atoms with Gasteiger partial charge in [0.2, 0.25) is 0 Å². The molecule has 4 rings (SSSR count). The van der Waals surface area contributed by atoms with E-state index in [1.807, 2.05) is 78.0 Å². The van der Waals surface area contributed by atoms with E-state index >= 15 is 0 Å². The standard InChI is InChI=1S/C35H40O4/c1-23(2)17-19-34-22-27(21-25-13-9-7-10-14-25)33(5,6)35(32(34)39,20-18-24(3)4)31(38)28(30(34)37)29(36)26-15-11-8-12-16-26/h7-18,27,36H,19-22H2,1-6H3/b29-28+/t27-,34-,35+/m1/s1. The summed E-state index contributed by atoms with van der Waals surface area (Å²) in [5.41, 5.74) is -0.404. The number of ketones is 3. The normalized spacial score (nSPS) is 27.1. The highest BCUT2D eigenvalue weighted by Crippen LogP contribution is 2.65. The van der Waals surface area contributed by atoms with Crippen molar-refractivity contribution >= 4 is 23.1 Å². The zero-order valence-electron chi connectivity index (χ0n) is 24.0. The third-order valence-electron chi connectivity index (χ3n) is 9.10. The molecule has 0 aliphatic heterocycles. The minimum absolute atomic E-state index is 0.109. The second-order valence-corrected chi connectivity index (χ2v) is 12.3. The van der Waals surface area contributed by atoms with E-state index in [1.54, 1.807) is 24.3 Å². The number of fused-ring (bicyclic) bond motifs is 2. The van der Waals surface area contributed by atoms with Crippen LogP contribution in [0, 0.1) is 22.2 Å². The molecule has 0 heterocycles. The van der Waals surface area contributed by atoms with Crippen molar-refractivity contribution < 1.29 is 19.5 Å². The molecule has 2 aliphatic rings. The van der Waals surface area contributed by atoms with Crippen molar-refractivity contribution in [3.05, 3.63) is 101 Å². The SMILES string of the molecule is CC(C)=CC[C@@]12C[C@@H](Cc3ccccc3)C(C)(C)[C@@](CC=C(C)C)(C(=O)/C(=C(/O)c3ccccc3)C1=O)C2=O. The molecule has 3 atom stereocenters. The number of aliphatic hydroxyl groups excluding tert-OH is 1. The largest absolute Gasteiger partial charge is 0.506 e. The summed E-state index contributed by atoms with van der Waals surface area (Å²) >= 11 is 0. The summed E-state index contributed by atoms with van der Waals surface area (Å²) in [6.45, 7) is 11.8. The number of hydrogen-bond donors (Lipinski definition) is 1. The minimum atomic E-state index is -1.48. The van der Waals surface area contributed by atoms with E-state index in [4.69, 9.17) is 0 Å². The lowest BCUT2D eigenvalue weighted by Crippen LogP contribution is -2.69. The Labute approximate surface area is 232 Å². The lowest BCUT2D eigenvalue weighted by Gasteiger charge is -2.60. The second kappa shape index (κ2) is 10.6. The monoisotopic (exact) mass is 524 g/mol. The molecule has 1 N–H and O–H groups in total. The van der Waals surface area contributed by atoms with Gasteiger partial charge in [-0.05, 0) is 70.3 Å². The lowest BCUT2D eigenvalue weighted by molar-refractivity contribution is -0.176. The van der Waals surface area contributed by atoms with Crippen LogP contribution in [0.3, 0.4) is 0 Å². The summed E-state index contributed by atoms with van der Waals surface area (Å²) in [5, 5.41) is 11.5. The maximum Gasteiger partial charge on any atom is 0.184 e. The first-order valence-corrected chi connectivity index (χ1v) is 13.8. The average Bonchev–Trinajstić information content (AvgIpc) is 2.90. The van der Waals surface area contributed by atoms with Crippen LogP contribution in [-0.4, -0.2) is 22.5 Å². The molecule has 39 heavy (non-hydrogen) atoms. The van der Waals surface area contributed by atoms with Crippen LogP contribution in [0.5, 0.6) is 0 Å². The zero-order valence-corrected chi connectivity index (χ0v) is 24.0. The van der Waals surface area contributed by atoms with Gasteiger partial charge in [-0.25, -0.2) is 0 Å². The van der Waals surface area contributed by atoms with Crippen molar-refractivity contribution in [1.82, 2.24) is 0 Å². The fourth-order valence-corrected chi connectivity index (χ4v) is 6.60. The molecule has 0 spiro atoms. The van der Waals surface area contributed by atoms with Gasteiger partial charge in [0, 0.05) is 5.56 Å². The molecule has 4 nitrogen and oxygen atoms in total. The van der Waals surface area contributed by atoms with E-state index in [-0.39, 0.29) is 35.9 Å². The van der Waals surface area contributed by atoms with Crippen molar-refractivity contribution in [3.63, 3.8) is 0 Å². The number of carbonyl (C=O) groups is 3. The number of benzene rings is 2. The average molecular weight is 525 g/mol. The highest BCUT2D eigenvalue weighted by atomic mass is 16.3. The van der Waals surface area contributed by atoms with Gasteiger partial charge in [0.1, 0.15) is 16.7 Å². The zero-order chi connectivity index (χ0) is 28.6. The third kappa shape index (κ3) is 4.64. The van der Waals surface area contributed by atoms with Gasteiger partial charge in [0.05, 0.1) is 5.41 Å². The molecule has 0 aromatic heterocycles. The number of rotatable bonds is 7. The van der Waals surface area contributed by atoms with Crippen molar-refractivity contribution in [1.29, 1.82) is 0 Å². The highest BCUT2D eigenvalue weighted by Gasteiger charge is 2.73. The Morgan fingerprint density at radius 3 is 1.92 bits per heavy atom. The Morgan fingerprint density at radius 2 is 1.36 bits per heavy atom. The van der Waals surface area contributed by atoms with Gasteiger partial charge in [-0.3, -0.25) is 14.4 Å². The molecule has 204 valence electrons. The summed E-state index contributed by atoms with van der Waals surface area (Å²) in [5.74, 6) is -1.83. The van der Waals surface area contributed by atoms with Gasteiger partial charge in [0.25, 0.3) is 0 Å². The Bertz CT molecular complexity index is 1370. The molecule has 2 aromatic carbocycles. The second-order valence-electron chi connectivity index (χ2n) is 12.3. The topological polar surface area (TPSA) is 71.4 Å². The van der Waals surface area contributed by atoms with Crippen LogP contribution in [0.1, 0.15) is 71.9 Å². The van der Waals surface area contributed by atoms with E-state index in [0.717, 1.165) is 16.7 Å². The van der Waals surface area contributed by atoms with Crippen LogP contribution >= 0.6 is 0 Å². The van der Waals surface area contributed by atoms with Gasteiger partial charge < -0.3 is 5.11 Å². The predicted molar refractivity (Wildman–Crippen MR) is 156 cm³/mol. The molecule has 2 fully saturated rings. The molecule has 0 amide bonds. The van der Waals surface area contributed by atoms with E-state index in [9.17, 15) is 19.5 Å². The summed E-state index contributed by atoms with van der Waals surface area (Å²) in [6.07, 6.45) is 5.27. The molecule has 2 aromatic rings. The number of Topliss-reactive ketones (excluding diaryl/α,β-unsaturated/α-hetero) is 3. The summed E-state index contributed by atoms with van der Waals surface area (Å²) in [7, 11) is 0. The Kier molecular flexibility index (Phi) is 7.71. The first-order chi connectivity index (χ1) is 18.4. The number of allylic oxidation sites excluding steroid dienone is 5. The molecular weight excluding hydrogens is 484 g/mol. The molecule has 0 unspecified atom stereocenters. The summed E-state index contributed by atoms with van der Waals surface area (Å²) in [6, 6.07) is 18.8. The van der Waals surface area contributed by atoms with E-state index in [1.165, 1.54) is 0 Å². The lowest BCUT2D eigenvalue weighted by atomic mass is 9.38. The number of carbonyl (C=O) groups excluding carboxylic acids is 3. The smallest absolute Gasteiger partial charge is 0.184 e.